The number of aryl methyl sites for hydroxylation is 1. The average molecular weight is 447 g/mol. The molecule has 0 saturated carbocycles. The van der Waals surface area contributed by atoms with Crippen LogP contribution in [0.15, 0.2) is 47.4 Å². The Morgan fingerprint density at radius 2 is 1.68 bits per heavy atom. The Balaban J connectivity index is 1.54. The van der Waals surface area contributed by atoms with Crippen LogP contribution in [0.3, 0.4) is 0 Å². The van der Waals surface area contributed by atoms with Gasteiger partial charge in [0.1, 0.15) is 0 Å². The lowest BCUT2D eigenvalue weighted by atomic mass is 10.1. The van der Waals surface area contributed by atoms with E-state index < -0.39 is 10.0 Å². The molecule has 1 fully saturated rings. The van der Waals surface area contributed by atoms with Gasteiger partial charge in [-0.3, -0.25) is 4.79 Å². The van der Waals surface area contributed by atoms with Crippen molar-refractivity contribution in [3.8, 4) is 11.5 Å². The molecule has 1 heterocycles. The minimum absolute atomic E-state index is 0.0731. The van der Waals surface area contributed by atoms with Crippen molar-refractivity contribution in [1.29, 1.82) is 0 Å². The maximum atomic E-state index is 12.6. The number of sulfonamides is 1. The van der Waals surface area contributed by atoms with Crippen LogP contribution in [0.4, 0.5) is 0 Å². The van der Waals surface area contributed by atoms with Crippen molar-refractivity contribution >= 4 is 15.9 Å². The summed E-state index contributed by atoms with van der Waals surface area (Å²) in [6.45, 7) is 3.09. The molecule has 8 heteroatoms. The number of carbonyl (C=O) groups excluding carboxylic acids is 1. The van der Waals surface area contributed by atoms with Crippen LogP contribution in [0.25, 0.3) is 0 Å². The lowest BCUT2D eigenvalue weighted by Crippen LogP contribution is -2.28. The quantitative estimate of drug-likeness (QED) is 0.639. The molecule has 1 amide bonds. The Kier molecular flexibility index (Phi) is 7.56. The molecule has 3 rings (SSSR count). The molecule has 0 radical (unpaired) electrons. The van der Waals surface area contributed by atoms with Crippen LogP contribution in [-0.4, -0.2) is 45.9 Å². The van der Waals surface area contributed by atoms with Crippen LogP contribution < -0.4 is 14.8 Å². The number of hydrogen-bond acceptors (Lipinski definition) is 5. The highest BCUT2D eigenvalue weighted by molar-refractivity contribution is 7.89. The monoisotopic (exact) mass is 446 g/mol. The average Bonchev–Trinajstić information content (AvgIpc) is 3.33. The Morgan fingerprint density at radius 1 is 1.03 bits per heavy atom. The van der Waals surface area contributed by atoms with Crippen molar-refractivity contribution in [3.63, 3.8) is 0 Å². The van der Waals surface area contributed by atoms with Gasteiger partial charge in [-0.2, -0.15) is 4.31 Å². The topological polar surface area (TPSA) is 84.9 Å². The van der Waals surface area contributed by atoms with E-state index in [1.807, 2.05) is 25.1 Å². The van der Waals surface area contributed by atoms with Gasteiger partial charge in [0.05, 0.1) is 25.2 Å². The standard InChI is InChI=1S/C23H30N2O5S/c1-17(19-9-12-21(29-2)22(16-19)30-3)24-23(26)13-8-18-6-10-20(11-7-18)31(27,28)25-14-4-5-15-25/h6-7,9-12,16-17H,4-5,8,13-15H2,1-3H3,(H,24,26). The number of ether oxygens (including phenoxy) is 2. The molecule has 1 saturated heterocycles. The molecular weight excluding hydrogens is 416 g/mol. The highest BCUT2D eigenvalue weighted by atomic mass is 32.2. The maximum absolute atomic E-state index is 12.6. The SMILES string of the molecule is COc1ccc(C(C)NC(=O)CCc2ccc(S(=O)(=O)N3CCCC3)cc2)cc1OC. The summed E-state index contributed by atoms with van der Waals surface area (Å²) in [5.41, 5.74) is 1.84. The maximum Gasteiger partial charge on any atom is 0.243 e. The lowest BCUT2D eigenvalue weighted by Gasteiger charge is -2.17. The Morgan fingerprint density at radius 3 is 2.29 bits per heavy atom. The van der Waals surface area contributed by atoms with Crippen molar-refractivity contribution in [1.82, 2.24) is 9.62 Å². The largest absolute Gasteiger partial charge is 0.493 e. The second-order valence-corrected chi connectivity index (χ2v) is 9.60. The third-order valence-electron chi connectivity index (χ3n) is 5.55. The van der Waals surface area contributed by atoms with Crippen LogP contribution in [-0.2, 0) is 21.2 Å². The molecule has 2 aromatic carbocycles. The number of nitrogens with zero attached hydrogens (tertiary/aromatic N) is 1. The fourth-order valence-electron chi connectivity index (χ4n) is 3.68. The van der Waals surface area contributed by atoms with Gasteiger partial charge in [0.15, 0.2) is 11.5 Å². The normalized spacial score (nSPS) is 15.5. The fraction of sp³-hybridized carbons (Fsp3) is 0.435. The number of hydrogen-bond donors (Lipinski definition) is 1. The Hall–Kier alpha value is -2.58. The van der Waals surface area contributed by atoms with Gasteiger partial charge in [0.25, 0.3) is 0 Å². The van der Waals surface area contributed by atoms with Crippen LogP contribution in [0.1, 0.15) is 43.4 Å². The van der Waals surface area contributed by atoms with Crippen LogP contribution in [0.2, 0.25) is 0 Å². The summed E-state index contributed by atoms with van der Waals surface area (Å²) in [6.07, 6.45) is 2.67. The summed E-state index contributed by atoms with van der Waals surface area (Å²) in [4.78, 5) is 12.7. The first-order valence-corrected chi connectivity index (χ1v) is 11.9. The van der Waals surface area contributed by atoms with E-state index in [1.54, 1.807) is 38.5 Å². The van der Waals surface area contributed by atoms with Crippen molar-refractivity contribution in [2.75, 3.05) is 27.3 Å². The van der Waals surface area contributed by atoms with Gasteiger partial charge in [-0.05, 0) is 61.6 Å². The summed E-state index contributed by atoms with van der Waals surface area (Å²) in [5.74, 6) is 1.18. The molecule has 0 aromatic heterocycles. The van der Waals surface area contributed by atoms with Gasteiger partial charge >= 0.3 is 0 Å². The summed E-state index contributed by atoms with van der Waals surface area (Å²) in [7, 11) is -0.253. The van der Waals surface area contributed by atoms with E-state index in [-0.39, 0.29) is 11.9 Å². The van der Waals surface area contributed by atoms with E-state index in [0.717, 1.165) is 24.0 Å². The zero-order valence-electron chi connectivity index (χ0n) is 18.3. The summed E-state index contributed by atoms with van der Waals surface area (Å²) in [5, 5.41) is 2.99. The number of benzene rings is 2. The second-order valence-electron chi connectivity index (χ2n) is 7.66. The number of nitrogens with one attached hydrogen (secondary N) is 1. The van der Waals surface area contributed by atoms with E-state index in [1.165, 1.54) is 4.31 Å². The first-order valence-electron chi connectivity index (χ1n) is 10.5. The molecule has 1 aliphatic rings. The van der Waals surface area contributed by atoms with Crippen molar-refractivity contribution in [3.05, 3.63) is 53.6 Å². The molecule has 31 heavy (non-hydrogen) atoms. The highest BCUT2D eigenvalue weighted by Crippen LogP contribution is 2.30. The van der Waals surface area contributed by atoms with Crippen LogP contribution in [0, 0.1) is 0 Å². The fourth-order valence-corrected chi connectivity index (χ4v) is 5.20. The first-order chi connectivity index (χ1) is 14.8. The second kappa shape index (κ2) is 10.2. The molecule has 1 aliphatic heterocycles. The molecule has 1 atom stereocenters. The summed E-state index contributed by atoms with van der Waals surface area (Å²) in [6, 6.07) is 12.2. The predicted octanol–water partition coefficient (Wildman–Crippen LogP) is 3.30. The molecular formula is C23H30N2O5S. The number of carbonyl (C=O) groups is 1. The lowest BCUT2D eigenvalue weighted by molar-refractivity contribution is -0.121. The van der Waals surface area contributed by atoms with Gasteiger partial charge in [-0.25, -0.2) is 8.42 Å². The molecule has 7 nitrogen and oxygen atoms in total. The van der Waals surface area contributed by atoms with Crippen LogP contribution >= 0.6 is 0 Å². The molecule has 0 spiro atoms. The van der Waals surface area contributed by atoms with E-state index >= 15 is 0 Å². The predicted molar refractivity (Wildman–Crippen MR) is 119 cm³/mol. The van der Waals surface area contributed by atoms with Crippen molar-refractivity contribution < 1.29 is 22.7 Å². The molecule has 1 unspecified atom stereocenters. The number of amides is 1. The smallest absolute Gasteiger partial charge is 0.243 e. The molecule has 2 aromatic rings. The third kappa shape index (κ3) is 5.57. The number of rotatable bonds is 9. The zero-order valence-corrected chi connectivity index (χ0v) is 19.1. The molecule has 168 valence electrons. The van der Waals surface area contributed by atoms with Gasteiger partial charge in [0.2, 0.25) is 15.9 Å². The Bertz CT molecular complexity index is 999. The Labute approximate surface area is 184 Å². The van der Waals surface area contributed by atoms with E-state index in [9.17, 15) is 13.2 Å². The minimum atomic E-state index is -3.41. The van der Waals surface area contributed by atoms with Gasteiger partial charge in [-0.15, -0.1) is 0 Å². The molecule has 0 aliphatic carbocycles. The molecule has 0 bridgehead atoms. The van der Waals surface area contributed by atoms with Crippen molar-refractivity contribution in [2.24, 2.45) is 0 Å². The van der Waals surface area contributed by atoms with Crippen molar-refractivity contribution in [2.45, 2.75) is 43.5 Å². The summed E-state index contributed by atoms with van der Waals surface area (Å²) >= 11 is 0. The molecule has 1 N–H and O–H groups in total. The zero-order chi connectivity index (χ0) is 22.4. The first kappa shape index (κ1) is 23.1. The van der Waals surface area contributed by atoms with E-state index in [0.29, 0.717) is 42.3 Å². The van der Waals surface area contributed by atoms with Gasteiger partial charge in [0, 0.05) is 19.5 Å². The van der Waals surface area contributed by atoms with E-state index in [2.05, 4.69) is 5.32 Å². The number of methoxy groups -OCH3 is 2. The summed E-state index contributed by atoms with van der Waals surface area (Å²) < 4.78 is 37.3. The third-order valence-corrected chi connectivity index (χ3v) is 7.46. The minimum Gasteiger partial charge on any atom is -0.493 e. The van der Waals surface area contributed by atoms with E-state index in [4.69, 9.17) is 9.47 Å². The van der Waals surface area contributed by atoms with Gasteiger partial charge < -0.3 is 14.8 Å². The van der Waals surface area contributed by atoms with Crippen LogP contribution in [0.5, 0.6) is 11.5 Å². The highest BCUT2D eigenvalue weighted by Gasteiger charge is 2.26. The van der Waals surface area contributed by atoms with Gasteiger partial charge in [-0.1, -0.05) is 18.2 Å².